The summed E-state index contributed by atoms with van der Waals surface area (Å²) >= 11 is 0. The highest BCUT2D eigenvalue weighted by Crippen LogP contribution is 2.37. The fourth-order valence-corrected chi connectivity index (χ4v) is 3.53. The first-order valence-electron chi connectivity index (χ1n) is 8.48. The molecule has 1 heterocycles. The van der Waals surface area contributed by atoms with Crippen LogP contribution in [0.15, 0.2) is 18.3 Å². The molecule has 138 valence electrons. The van der Waals surface area contributed by atoms with Crippen molar-refractivity contribution >= 4 is 19.3 Å². The van der Waals surface area contributed by atoms with Gasteiger partial charge in [0.05, 0.1) is 28.4 Å². The highest BCUT2D eigenvalue weighted by atomic mass is 32.2. The molecule has 0 saturated carbocycles. The number of nitrogens with one attached hydrogen (secondary N) is 1. The van der Waals surface area contributed by atoms with E-state index >= 15 is 0 Å². The van der Waals surface area contributed by atoms with E-state index in [1.54, 1.807) is 0 Å². The Labute approximate surface area is 151 Å². The molecule has 0 saturated heterocycles. The number of hydrogen-bond donors (Lipinski definition) is 1. The van der Waals surface area contributed by atoms with Crippen LogP contribution in [0.5, 0.6) is 0 Å². The maximum atomic E-state index is 12.6. The van der Waals surface area contributed by atoms with Crippen molar-refractivity contribution in [3.05, 3.63) is 29.6 Å². The van der Waals surface area contributed by atoms with Crippen LogP contribution in [0.1, 0.15) is 58.8 Å². The van der Waals surface area contributed by atoms with Crippen molar-refractivity contribution in [2.24, 2.45) is 0 Å². The summed E-state index contributed by atoms with van der Waals surface area (Å²) in [6.07, 6.45) is 1.85. The smallest absolute Gasteiger partial charge is 0.192 e. The van der Waals surface area contributed by atoms with Crippen molar-refractivity contribution in [2.45, 2.75) is 77.4 Å². The third kappa shape index (κ3) is 6.06. The van der Waals surface area contributed by atoms with Crippen molar-refractivity contribution in [3.63, 3.8) is 0 Å². The molecule has 0 aromatic carbocycles. The standard InChI is InChI=1S/C18H34N2O2SSi/c1-14-10-11-15(12-19-14)16(20-23(21)17(2,3)4)13-22-24(8,9)18(5,6)7/h10-12,16,20H,13H2,1-9H3/t16-,23+/m1/s1. The second-order valence-corrected chi connectivity index (χ2v) is 15.7. The molecule has 1 aromatic rings. The predicted octanol–water partition coefficient (Wildman–Crippen LogP) is 4.50. The van der Waals surface area contributed by atoms with Crippen LogP contribution in [0.3, 0.4) is 0 Å². The topological polar surface area (TPSA) is 51.2 Å². The van der Waals surface area contributed by atoms with E-state index in [0.717, 1.165) is 11.3 Å². The van der Waals surface area contributed by atoms with Gasteiger partial charge in [0.15, 0.2) is 8.32 Å². The van der Waals surface area contributed by atoms with Crippen molar-refractivity contribution in [1.29, 1.82) is 0 Å². The Morgan fingerprint density at radius 1 is 1.21 bits per heavy atom. The van der Waals surface area contributed by atoms with E-state index in [4.69, 9.17) is 4.43 Å². The minimum Gasteiger partial charge on any atom is -0.415 e. The average molecular weight is 371 g/mol. The van der Waals surface area contributed by atoms with Gasteiger partial charge in [0.25, 0.3) is 0 Å². The summed E-state index contributed by atoms with van der Waals surface area (Å²) in [5.41, 5.74) is 1.98. The molecular weight excluding hydrogens is 336 g/mol. The molecule has 0 spiro atoms. The van der Waals surface area contributed by atoms with E-state index in [1.807, 2.05) is 46.0 Å². The molecule has 0 aliphatic rings. The molecule has 6 heteroatoms. The zero-order valence-corrected chi connectivity index (χ0v) is 18.5. The van der Waals surface area contributed by atoms with Crippen LogP contribution >= 0.6 is 0 Å². The summed E-state index contributed by atoms with van der Waals surface area (Å²) < 4.78 is 21.9. The third-order valence-corrected chi connectivity index (χ3v) is 10.7. The molecule has 2 atom stereocenters. The van der Waals surface area contributed by atoms with E-state index < -0.39 is 19.3 Å². The van der Waals surface area contributed by atoms with Crippen molar-refractivity contribution in [2.75, 3.05) is 6.61 Å². The van der Waals surface area contributed by atoms with Crippen LogP contribution in [-0.2, 0) is 15.4 Å². The Bertz CT molecular complexity index is 560. The average Bonchev–Trinajstić information content (AvgIpc) is 2.42. The summed E-state index contributed by atoms with van der Waals surface area (Å²) in [6, 6.07) is 3.89. The van der Waals surface area contributed by atoms with Crippen molar-refractivity contribution in [3.8, 4) is 0 Å². The third-order valence-electron chi connectivity index (χ3n) is 4.56. The number of pyridine rings is 1. The molecule has 4 nitrogen and oxygen atoms in total. The monoisotopic (exact) mass is 370 g/mol. The molecule has 1 rings (SSSR count). The van der Waals surface area contributed by atoms with Gasteiger partial charge in [-0.15, -0.1) is 0 Å². The van der Waals surface area contributed by atoms with Crippen LogP contribution < -0.4 is 4.72 Å². The maximum Gasteiger partial charge on any atom is 0.192 e. The van der Waals surface area contributed by atoms with Crippen LogP contribution in [0.4, 0.5) is 0 Å². The van der Waals surface area contributed by atoms with Crippen molar-refractivity contribution < 1.29 is 8.63 Å². The van der Waals surface area contributed by atoms with Gasteiger partial charge in [-0.3, -0.25) is 4.98 Å². The van der Waals surface area contributed by atoms with E-state index in [0.29, 0.717) is 6.61 Å². The summed E-state index contributed by atoms with van der Waals surface area (Å²) in [7, 11) is -3.03. The van der Waals surface area contributed by atoms with Gasteiger partial charge in [-0.25, -0.2) is 8.93 Å². The fraction of sp³-hybridized carbons (Fsp3) is 0.722. The summed E-state index contributed by atoms with van der Waals surface area (Å²) in [6.45, 7) is 19.5. The number of aryl methyl sites for hydroxylation is 1. The molecule has 0 fully saturated rings. The predicted molar refractivity (Wildman–Crippen MR) is 106 cm³/mol. The lowest BCUT2D eigenvalue weighted by Gasteiger charge is -2.37. The summed E-state index contributed by atoms with van der Waals surface area (Å²) in [5.74, 6) is 0. The normalized spacial score (nSPS) is 16.0. The Balaban J connectivity index is 2.98. The number of hydrogen-bond acceptors (Lipinski definition) is 3. The maximum absolute atomic E-state index is 12.6. The molecular formula is C18H34N2O2SSi. The highest BCUT2D eigenvalue weighted by Gasteiger charge is 2.38. The molecule has 24 heavy (non-hydrogen) atoms. The molecule has 0 unspecified atom stereocenters. The molecule has 0 aliphatic heterocycles. The fourth-order valence-electron chi connectivity index (χ4n) is 1.70. The Morgan fingerprint density at radius 2 is 1.79 bits per heavy atom. The van der Waals surface area contributed by atoms with Gasteiger partial charge in [0, 0.05) is 11.9 Å². The van der Waals surface area contributed by atoms with Gasteiger partial charge in [-0.1, -0.05) is 26.8 Å². The molecule has 0 amide bonds. The number of nitrogens with zero attached hydrogens (tertiary/aromatic N) is 1. The van der Waals surface area contributed by atoms with Crippen molar-refractivity contribution in [1.82, 2.24) is 9.71 Å². The molecule has 0 bridgehead atoms. The van der Waals surface area contributed by atoms with Gasteiger partial charge >= 0.3 is 0 Å². The highest BCUT2D eigenvalue weighted by molar-refractivity contribution is 7.84. The van der Waals surface area contributed by atoms with Gasteiger partial charge in [-0.2, -0.15) is 0 Å². The summed E-state index contributed by atoms with van der Waals surface area (Å²) in [5, 5.41) is 0.145. The first-order valence-corrected chi connectivity index (χ1v) is 12.5. The van der Waals surface area contributed by atoms with E-state index in [-0.39, 0.29) is 15.8 Å². The zero-order valence-electron chi connectivity index (χ0n) is 16.7. The zero-order chi connectivity index (χ0) is 18.8. The Kier molecular flexibility index (Phi) is 6.95. The van der Waals surface area contributed by atoms with E-state index in [9.17, 15) is 4.21 Å². The largest absolute Gasteiger partial charge is 0.415 e. The molecule has 1 N–H and O–H groups in total. The van der Waals surface area contributed by atoms with Gasteiger partial charge in [0.1, 0.15) is 0 Å². The second-order valence-electron chi connectivity index (χ2n) is 8.86. The van der Waals surface area contributed by atoms with Gasteiger partial charge in [-0.05, 0) is 57.5 Å². The number of aromatic nitrogens is 1. The Hall–Kier alpha value is -0.563. The SMILES string of the molecule is Cc1ccc([C@@H](CO[Si](C)(C)C(C)(C)C)N[S@@](=O)C(C)(C)C)cn1. The van der Waals surface area contributed by atoms with E-state index in [1.165, 1.54) is 0 Å². The second kappa shape index (κ2) is 7.77. The number of rotatable bonds is 6. The van der Waals surface area contributed by atoms with E-state index in [2.05, 4.69) is 43.6 Å². The first kappa shape index (κ1) is 21.5. The van der Waals surface area contributed by atoms with Gasteiger partial charge < -0.3 is 4.43 Å². The van der Waals surface area contributed by atoms with Crippen LogP contribution in [-0.4, -0.2) is 28.9 Å². The summed E-state index contributed by atoms with van der Waals surface area (Å²) in [4.78, 5) is 4.38. The quantitative estimate of drug-likeness (QED) is 0.750. The lowest BCUT2D eigenvalue weighted by atomic mass is 10.1. The molecule has 0 aliphatic carbocycles. The molecule has 1 aromatic heterocycles. The minimum atomic E-state index is -1.87. The van der Waals surface area contributed by atoms with Crippen LogP contribution in [0.25, 0.3) is 0 Å². The minimum absolute atomic E-state index is 0.132. The lowest BCUT2D eigenvalue weighted by Crippen LogP contribution is -2.44. The lowest BCUT2D eigenvalue weighted by molar-refractivity contribution is 0.257. The van der Waals surface area contributed by atoms with Crippen LogP contribution in [0, 0.1) is 6.92 Å². The first-order chi connectivity index (χ1) is 10.7. The van der Waals surface area contributed by atoms with Gasteiger partial charge in [0.2, 0.25) is 0 Å². The van der Waals surface area contributed by atoms with Crippen LogP contribution in [0.2, 0.25) is 18.1 Å². The molecule has 0 radical (unpaired) electrons. The Morgan fingerprint density at radius 3 is 2.21 bits per heavy atom.